The Morgan fingerprint density at radius 1 is 1.03 bits per heavy atom. The number of hydrogen-bond donors (Lipinski definition) is 1. The van der Waals surface area contributed by atoms with Gasteiger partial charge in [-0.1, -0.05) is 36.2 Å². The van der Waals surface area contributed by atoms with Gasteiger partial charge in [-0.15, -0.1) is 0 Å². The molecule has 8 heteroatoms. The molecule has 0 aromatic heterocycles. The van der Waals surface area contributed by atoms with Crippen LogP contribution in [0.1, 0.15) is 42.9 Å². The quantitative estimate of drug-likeness (QED) is 0.751. The van der Waals surface area contributed by atoms with Crippen LogP contribution in [0.3, 0.4) is 0 Å². The number of aryl methyl sites for hydroxylation is 1. The molecule has 0 aliphatic carbocycles. The van der Waals surface area contributed by atoms with Gasteiger partial charge in [-0.2, -0.15) is 4.31 Å². The van der Waals surface area contributed by atoms with E-state index in [-0.39, 0.29) is 23.1 Å². The molecule has 1 N–H and O–H groups in total. The summed E-state index contributed by atoms with van der Waals surface area (Å²) in [5.41, 5.74) is 3.42. The highest BCUT2D eigenvalue weighted by molar-refractivity contribution is 7.89. The summed E-state index contributed by atoms with van der Waals surface area (Å²) in [6, 6.07) is 12.0. The van der Waals surface area contributed by atoms with Crippen LogP contribution in [0, 0.1) is 6.92 Å². The molecule has 2 aromatic carbocycles. The zero-order chi connectivity index (χ0) is 22.9. The lowest BCUT2D eigenvalue weighted by atomic mass is 10.1. The smallest absolute Gasteiger partial charge is 0.243 e. The van der Waals surface area contributed by atoms with Crippen LogP contribution in [-0.2, 0) is 32.6 Å². The van der Waals surface area contributed by atoms with Crippen molar-refractivity contribution in [1.82, 2.24) is 9.62 Å². The normalized spacial score (nSPS) is 18.9. The number of hydrogen-bond acceptors (Lipinski definition) is 4. The molecule has 1 fully saturated rings. The van der Waals surface area contributed by atoms with E-state index < -0.39 is 16.1 Å². The third-order valence-electron chi connectivity index (χ3n) is 6.22. The van der Waals surface area contributed by atoms with Crippen molar-refractivity contribution in [2.75, 3.05) is 18.0 Å². The fourth-order valence-electron chi connectivity index (χ4n) is 4.45. The Kier molecular flexibility index (Phi) is 6.35. The zero-order valence-corrected chi connectivity index (χ0v) is 19.3. The van der Waals surface area contributed by atoms with Crippen molar-refractivity contribution < 1.29 is 18.0 Å². The van der Waals surface area contributed by atoms with E-state index >= 15 is 0 Å². The lowest BCUT2D eigenvalue weighted by molar-refractivity contribution is -0.125. The predicted molar refractivity (Wildman–Crippen MR) is 123 cm³/mol. The second kappa shape index (κ2) is 9.03. The molecule has 0 radical (unpaired) electrons. The molecular formula is C24H29N3O4S. The first-order valence-corrected chi connectivity index (χ1v) is 12.5. The average molecular weight is 456 g/mol. The highest BCUT2D eigenvalue weighted by atomic mass is 32.2. The number of carbonyl (C=O) groups is 2. The topological polar surface area (TPSA) is 86.8 Å². The van der Waals surface area contributed by atoms with E-state index in [4.69, 9.17) is 0 Å². The highest BCUT2D eigenvalue weighted by Crippen LogP contribution is 2.35. The first-order valence-electron chi connectivity index (χ1n) is 11.0. The van der Waals surface area contributed by atoms with Crippen LogP contribution in [0.2, 0.25) is 0 Å². The van der Waals surface area contributed by atoms with Crippen LogP contribution in [0.4, 0.5) is 5.69 Å². The maximum atomic E-state index is 13.1. The number of fused-ring (bicyclic) bond motifs is 1. The third-order valence-corrected chi connectivity index (χ3v) is 8.11. The lowest BCUT2D eigenvalue weighted by Crippen LogP contribution is -2.47. The molecule has 2 aliphatic heterocycles. The summed E-state index contributed by atoms with van der Waals surface area (Å²) >= 11 is 0. The number of nitrogens with one attached hydrogen (secondary N) is 1. The average Bonchev–Trinajstić information content (AvgIpc) is 3.18. The Morgan fingerprint density at radius 3 is 2.38 bits per heavy atom. The number of amides is 2. The van der Waals surface area contributed by atoms with Crippen LogP contribution in [0.15, 0.2) is 47.4 Å². The van der Waals surface area contributed by atoms with Gasteiger partial charge in [0.05, 0.1) is 4.90 Å². The van der Waals surface area contributed by atoms with Gasteiger partial charge in [-0.3, -0.25) is 14.5 Å². The van der Waals surface area contributed by atoms with Gasteiger partial charge in [0, 0.05) is 38.7 Å². The van der Waals surface area contributed by atoms with Crippen LogP contribution in [-0.4, -0.2) is 43.7 Å². The summed E-state index contributed by atoms with van der Waals surface area (Å²) in [7, 11) is -3.58. The summed E-state index contributed by atoms with van der Waals surface area (Å²) in [6.07, 6.45) is 3.07. The molecule has 32 heavy (non-hydrogen) atoms. The molecule has 0 spiro atoms. The van der Waals surface area contributed by atoms with Gasteiger partial charge in [0.15, 0.2) is 0 Å². The van der Waals surface area contributed by atoms with Gasteiger partial charge >= 0.3 is 0 Å². The molecule has 0 saturated carbocycles. The largest absolute Gasteiger partial charge is 0.350 e. The van der Waals surface area contributed by atoms with E-state index in [0.717, 1.165) is 30.4 Å². The summed E-state index contributed by atoms with van der Waals surface area (Å²) in [4.78, 5) is 27.0. The molecule has 2 aliphatic rings. The van der Waals surface area contributed by atoms with Gasteiger partial charge in [0.1, 0.15) is 6.04 Å². The van der Waals surface area contributed by atoms with E-state index in [1.165, 1.54) is 16.1 Å². The van der Waals surface area contributed by atoms with E-state index in [2.05, 4.69) is 5.32 Å². The molecule has 2 amide bonds. The fourth-order valence-corrected chi connectivity index (χ4v) is 6.02. The zero-order valence-electron chi connectivity index (χ0n) is 18.5. The maximum absolute atomic E-state index is 13.1. The number of piperidine rings is 1. The summed E-state index contributed by atoms with van der Waals surface area (Å²) in [5.74, 6) is -0.497. The minimum Gasteiger partial charge on any atom is -0.350 e. The fraction of sp³-hybridized carbons (Fsp3) is 0.417. The van der Waals surface area contributed by atoms with Crippen molar-refractivity contribution in [3.63, 3.8) is 0 Å². The minimum absolute atomic E-state index is 0.224. The van der Waals surface area contributed by atoms with E-state index in [9.17, 15) is 18.0 Å². The summed E-state index contributed by atoms with van der Waals surface area (Å²) in [5, 5.41) is 2.92. The van der Waals surface area contributed by atoms with E-state index in [1.807, 2.05) is 31.2 Å². The number of benzene rings is 2. The molecule has 1 atom stereocenters. The highest BCUT2D eigenvalue weighted by Gasteiger charge is 2.38. The molecule has 2 heterocycles. The summed E-state index contributed by atoms with van der Waals surface area (Å²) in [6.45, 7) is 4.86. The second-order valence-electron chi connectivity index (χ2n) is 8.57. The van der Waals surface area contributed by atoms with Crippen molar-refractivity contribution in [3.8, 4) is 0 Å². The monoisotopic (exact) mass is 455 g/mol. The minimum atomic E-state index is -3.58. The number of nitrogens with zero attached hydrogens (tertiary/aromatic N) is 2. The van der Waals surface area contributed by atoms with Crippen molar-refractivity contribution in [2.24, 2.45) is 0 Å². The van der Waals surface area contributed by atoms with Crippen molar-refractivity contribution in [3.05, 3.63) is 59.2 Å². The third kappa shape index (κ3) is 4.42. The van der Waals surface area contributed by atoms with Crippen molar-refractivity contribution in [1.29, 1.82) is 0 Å². The molecule has 170 valence electrons. The van der Waals surface area contributed by atoms with Crippen LogP contribution in [0.25, 0.3) is 0 Å². The molecular weight excluding hydrogens is 426 g/mol. The van der Waals surface area contributed by atoms with E-state index in [0.29, 0.717) is 30.9 Å². The number of carbonyl (C=O) groups excluding carboxylic acids is 2. The van der Waals surface area contributed by atoms with Gasteiger partial charge < -0.3 is 5.32 Å². The first-order chi connectivity index (χ1) is 15.3. The van der Waals surface area contributed by atoms with E-state index in [1.54, 1.807) is 18.2 Å². The first kappa shape index (κ1) is 22.5. The van der Waals surface area contributed by atoms with Crippen LogP contribution < -0.4 is 10.2 Å². The van der Waals surface area contributed by atoms with Gasteiger partial charge in [-0.25, -0.2) is 8.42 Å². The lowest BCUT2D eigenvalue weighted by Gasteiger charge is -2.26. The Labute approximate surface area is 189 Å². The SMILES string of the molecule is CC(=O)N1c2ccc(S(=O)(=O)N3CCCCC3)cc2C[C@@H]1C(=O)NCc1ccc(C)cc1. The molecule has 0 unspecified atom stereocenters. The Morgan fingerprint density at radius 2 is 1.72 bits per heavy atom. The molecule has 7 nitrogen and oxygen atoms in total. The summed E-state index contributed by atoms with van der Waals surface area (Å²) < 4.78 is 27.7. The second-order valence-corrected chi connectivity index (χ2v) is 10.5. The Bertz CT molecular complexity index is 1120. The number of sulfonamides is 1. The van der Waals surface area contributed by atoms with Gasteiger partial charge in [0.25, 0.3) is 0 Å². The molecule has 0 bridgehead atoms. The van der Waals surface area contributed by atoms with Gasteiger partial charge in [-0.05, 0) is 49.1 Å². The number of anilines is 1. The Hall–Kier alpha value is -2.71. The predicted octanol–water partition coefficient (Wildman–Crippen LogP) is 2.76. The van der Waals surface area contributed by atoms with Crippen molar-refractivity contribution >= 4 is 27.5 Å². The van der Waals surface area contributed by atoms with Crippen LogP contribution in [0.5, 0.6) is 0 Å². The Balaban J connectivity index is 1.54. The van der Waals surface area contributed by atoms with Gasteiger partial charge in [0.2, 0.25) is 21.8 Å². The molecule has 2 aromatic rings. The molecule has 4 rings (SSSR count). The molecule has 1 saturated heterocycles. The van der Waals surface area contributed by atoms with Crippen molar-refractivity contribution in [2.45, 2.75) is 57.0 Å². The standard InChI is InChI=1S/C24H29N3O4S/c1-17-6-8-19(9-7-17)16-25-24(29)23-15-20-14-21(10-11-22(20)27(23)18(2)28)32(30,31)26-12-4-3-5-13-26/h6-11,14,23H,3-5,12-13,15-16H2,1-2H3,(H,25,29)/t23-/m1/s1. The van der Waals surface area contributed by atoms with Crippen LogP contribution >= 0.6 is 0 Å². The maximum Gasteiger partial charge on any atom is 0.243 e. The number of rotatable bonds is 5.